The van der Waals surface area contributed by atoms with Crippen LogP contribution in [0.25, 0.3) is 0 Å². The predicted molar refractivity (Wildman–Crippen MR) is 72.5 cm³/mol. The lowest BCUT2D eigenvalue weighted by atomic mass is 10.2. The number of benzene rings is 1. The van der Waals surface area contributed by atoms with Gasteiger partial charge in [0.05, 0.1) is 0 Å². The Kier molecular flexibility index (Phi) is 4.63. The number of ether oxygens (including phenoxy) is 2. The summed E-state index contributed by atoms with van der Waals surface area (Å²) < 4.78 is 11.4. The van der Waals surface area contributed by atoms with Crippen molar-refractivity contribution in [2.45, 2.75) is 12.5 Å². The van der Waals surface area contributed by atoms with Crippen LogP contribution in [0.15, 0.2) is 24.3 Å². The van der Waals surface area contributed by atoms with Crippen LogP contribution in [0, 0.1) is 0 Å². The van der Waals surface area contributed by atoms with Crippen LogP contribution >= 0.6 is 0 Å². The third-order valence-corrected chi connectivity index (χ3v) is 2.95. The Balaban J connectivity index is 1.70. The minimum absolute atomic E-state index is 0.00985. The standard InChI is InChI=1S/C14H20N2O3/c1-16(2)14(17)7-8-15-9-11-10-18-12-5-3-4-6-13(12)19-11/h3-6,11,15H,7-10H2,1-2H3. The highest BCUT2D eigenvalue weighted by molar-refractivity contribution is 5.75. The third kappa shape index (κ3) is 3.86. The molecular weight excluding hydrogens is 244 g/mol. The summed E-state index contributed by atoms with van der Waals surface area (Å²) in [6, 6.07) is 7.65. The number of hydrogen-bond acceptors (Lipinski definition) is 4. The van der Waals surface area contributed by atoms with Crippen molar-refractivity contribution in [1.29, 1.82) is 0 Å². The maximum atomic E-state index is 11.4. The fourth-order valence-corrected chi connectivity index (χ4v) is 1.85. The molecule has 1 heterocycles. The molecule has 1 atom stereocenters. The lowest BCUT2D eigenvalue weighted by molar-refractivity contribution is -0.128. The molecule has 0 saturated heterocycles. The quantitative estimate of drug-likeness (QED) is 0.803. The van der Waals surface area contributed by atoms with Crippen molar-refractivity contribution in [3.63, 3.8) is 0 Å². The molecule has 1 aromatic rings. The summed E-state index contributed by atoms with van der Waals surface area (Å²) in [5.74, 6) is 1.70. The second-order valence-corrected chi connectivity index (χ2v) is 4.74. The third-order valence-electron chi connectivity index (χ3n) is 2.95. The normalized spacial score (nSPS) is 17.1. The van der Waals surface area contributed by atoms with E-state index in [2.05, 4.69) is 5.32 Å². The highest BCUT2D eigenvalue weighted by Crippen LogP contribution is 2.30. The average molecular weight is 264 g/mol. The molecule has 5 heteroatoms. The van der Waals surface area contributed by atoms with Crippen molar-refractivity contribution in [3.05, 3.63) is 24.3 Å². The van der Waals surface area contributed by atoms with E-state index in [4.69, 9.17) is 9.47 Å². The van der Waals surface area contributed by atoms with Crippen molar-refractivity contribution >= 4 is 5.91 Å². The Labute approximate surface area is 113 Å². The second kappa shape index (κ2) is 6.43. The van der Waals surface area contributed by atoms with Gasteiger partial charge in [-0.1, -0.05) is 12.1 Å². The Morgan fingerprint density at radius 2 is 2.11 bits per heavy atom. The lowest BCUT2D eigenvalue weighted by Gasteiger charge is -2.26. The molecule has 5 nitrogen and oxygen atoms in total. The van der Waals surface area contributed by atoms with Gasteiger partial charge in [0.2, 0.25) is 5.91 Å². The second-order valence-electron chi connectivity index (χ2n) is 4.74. The van der Waals surface area contributed by atoms with Crippen LogP contribution in [0.3, 0.4) is 0 Å². The first kappa shape index (κ1) is 13.7. The van der Waals surface area contributed by atoms with E-state index in [1.165, 1.54) is 0 Å². The van der Waals surface area contributed by atoms with Crippen LogP contribution in [0.5, 0.6) is 11.5 Å². The van der Waals surface area contributed by atoms with Gasteiger partial charge in [-0.15, -0.1) is 0 Å². The maximum Gasteiger partial charge on any atom is 0.223 e. The van der Waals surface area contributed by atoms with Gasteiger partial charge in [-0.25, -0.2) is 0 Å². The molecule has 0 radical (unpaired) electrons. The lowest BCUT2D eigenvalue weighted by Crippen LogP contribution is -2.39. The number of hydrogen-bond donors (Lipinski definition) is 1. The van der Waals surface area contributed by atoms with Crippen LogP contribution in [0.4, 0.5) is 0 Å². The first-order valence-corrected chi connectivity index (χ1v) is 6.46. The highest BCUT2D eigenvalue weighted by atomic mass is 16.6. The van der Waals surface area contributed by atoms with Gasteiger partial charge in [-0.2, -0.15) is 0 Å². The van der Waals surface area contributed by atoms with Crippen molar-refractivity contribution in [2.24, 2.45) is 0 Å². The van der Waals surface area contributed by atoms with E-state index >= 15 is 0 Å². The van der Waals surface area contributed by atoms with Gasteiger partial charge < -0.3 is 19.7 Å². The van der Waals surface area contributed by atoms with Crippen molar-refractivity contribution in [3.8, 4) is 11.5 Å². The van der Waals surface area contributed by atoms with Crippen LogP contribution in [-0.4, -0.2) is 50.7 Å². The molecule has 0 aliphatic carbocycles. The minimum Gasteiger partial charge on any atom is -0.486 e. The molecule has 2 rings (SSSR count). The number of para-hydroxylation sites is 2. The number of amides is 1. The fraction of sp³-hybridized carbons (Fsp3) is 0.500. The summed E-state index contributed by atoms with van der Waals surface area (Å²) in [5.41, 5.74) is 0. The topological polar surface area (TPSA) is 50.8 Å². The summed E-state index contributed by atoms with van der Waals surface area (Å²) in [5, 5.41) is 3.22. The number of nitrogens with zero attached hydrogens (tertiary/aromatic N) is 1. The molecule has 0 bridgehead atoms. The molecule has 1 aromatic carbocycles. The van der Waals surface area contributed by atoms with E-state index in [9.17, 15) is 4.79 Å². The van der Waals surface area contributed by atoms with Gasteiger partial charge in [0.15, 0.2) is 11.5 Å². The van der Waals surface area contributed by atoms with Crippen LogP contribution in [0.1, 0.15) is 6.42 Å². The molecule has 0 spiro atoms. The van der Waals surface area contributed by atoms with E-state index < -0.39 is 0 Å². The number of nitrogens with one attached hydrogen (secondary N) is 1. The molecule has 104 valence electrons. The molecule has 1 aliphatic heterocycles. The number of rotatable bonds is 5. The Bertz CT molecular complexity index is 434. The summed E-state index contributed by atoms with van der Waals surface area (Å²) in [7, 11) is 3.52. The van der Waals surface area contributed by atoms with Crippen LogP contribution in [-0.2, 0) is 4.79 Å². The first-order valence-electron chi connectivity index (χ1n) is 6.46. The van der Waals surface area contributed by atoms with E-state index in [-0.39, 0.29) is 12.0 Å². The van der Waals surface area contributed by atoms with Gasteiger partial charge in [-0.3, -0.25) is 4.79 Å². The van der Waals surface area contributed by atoms with Gasteiger partial charge in [0.1, 0.15) is 12.7 Å². The molecular formula is C14H20N2O3. The van der Waals surface area contributed by atoms with Gasteiger partial charge >= 0.3 is 0 Å². The zero-order valence-corrected chi connectivity index (χ0v) is 11.4. The van der Waals surface area contributed by atoms with E-state index in [1.54, 1.807) is 19.0 Å². The van der Waals surface area contributed by atoms with Crippen molar-refractivity contribution in [2.75, 3.05) is 33.8 Å². The molecule has 1 unspecified atom stereocenters. The van der Waals surface area contributed by atoms with Gasteiger partial charge in [0.25, 0.3) is 0 Å². The van der Waals surface area contributed by atoms with Crippen molar-refractivity contribution < 1.29 is 14.3 Å². The maximum absolute atomic E-state index is 11.4. The van der Waals surface area contributed by atoms with Crippen molar-refractivity contribution in [1.82, 2.24) is 10.2 Å². The largest absolute Gasteiger partial charge is 0.486 e. The number of carbonyl (C=O) groups excluding carboxylic acids is 1. The molecule has 0 saturated carbocycles. The highest BCUT2D eigenvalue weighted by Gasteiger charge is 2.19. The van der Waals surface area contributed by atoms with Gasteiger partial charge in [0, 0.05) is 33.6 Å². The zero-order valence-electron chi connectivity index (χ0n) is 11.4. The molecule has 0 fully saturated rings. The number of carbonyl (C=O) groups is 1. The zero-order chi connectivity index (χ0) is 13.7. The Hall–Kier alpha value is -1.75. The van der Waals surface area contributed by atoms with E-state index in [0.717, 1.165) is 11.5 Å². The number of fused-ring (bicyclic) bond motifs is 1. The summed E-state index contributed by atoms with van der Waals surface area (Å²) in [4.78, 5) is 13.0. The molecule has 19 heavy (non-hydrogen) atoms. The van der Waals surface area contributed by atoms with Crippen LogP contribution in [0.2, 0.25) is 0 Å². The first-order chi connectivity index (χ1) is 9.16. The van der Waals surface area contributed by atoms with Crippen LogP contribution < -0.4 is 14.8 Å². The predicted octanol–water partition coefficient (Wildman–Crippen LogP) is 0.894. The van der Waals surface area contributed by atoms with Gasteiger partial charge in [-0.05, 0) is 12.1 Å². The summed E-state index contributed by atoms with van der Waals surface area (Å²) in [6.45, 7) is 1.86. The van der Waals surface area contributed by atoms with E-state index in [0.29, 0.717) is 26.1 Å². The average Bonchev–Trinajstić information content (AvgIpc) is 2.43. The summed E-state index contributed by atoms with van der Waals surface area (Å²) >= 11 is 0. The molecule has 1 N–H and O–H groups in total. The Morgan fingerprint density at radius 1 is 1.37 bits per heavy atom. The van der Waals surface area contributed by atoms with E-state index in [1.807, 2.05) is 24.3 Å². The molecule has 1 amide bonds. The minimum atomic E-state index is -0.00985. The summed E-state index contributed by atoms with van der Waals surface area (Å²) in [6.07, 6.45) is 0.487. The Morgan fingerprint density at radius 3 is 2.84 bits per heavy atom. The monoisotopic (exact) mass is 264 g/mol. The molecule has 0 aromatic heterocycles. The fourth-order valence-electron chi connectivity index (χ4n) is 1.85. The molecule has 1 aliphatic rings. The smallest absolute Gasteiger partial charge is 0.223 e. The SMILES string of the molecule is CN(C)C(=O)CCNCC1COc2ccccc2O1.